The third kappa shape index (κ3) is 3.52. The maximum atomic E-state index is 12.8. The van der Waals surface area contributed by atoms with Gasteiger partial charge in [-0.15, -0.1) is 0 Å². The first-order chi connectivity index (χ1) is 7.49. The number of rotatable bonds is 2. The molecule has 6 N–H and O–H groups in total. The zero-order chi connectivity index (χ0) is 12.1. The Kier molecular flexibility index (Phi) is 3.76. The van der Waals surface area contributed by atoms with E-state index in [4.69, 9.17) is 17.2 Å². The van der Waals surface area contributed by atoms with Gasteiger partial charge in [0.15, 0.2) is 17.6 Å². The second-order valence-corrected chi connectivity index (χ2v) is 2.96. The zero-order valence-corrected chi connectivity index (χ0v) is 8.32. The number of nitrogens with zero attached hydrogens (tertiary/aromatic N) is 2. The Hall–Kier alpha value is -2.18. The van der Waals surface area contributed by atoms with Crippen molar-refractivity contribution >= 4 is 11.9 Å². The van der Waals surface area contributed by atoms with Gasteiger partial charge in [-0.05, 0) is 17.7 Å². The van der Waals surface area contributed by atoms with Crippen molar-refractivity contribution in [2.24, 2.45) is 27.2 Å². The maximum absolute atomic E-state index is 12.8. The molecule has 0 aliphatic heterocycles. The number of hydrogen-bond acceptors (Lipinski definition) is 1. The van der Waals surface area contributed by atoms with E-state index < -0.39 is 11.6 Å². The Morgan fingerprint density at radius 1 is 1.12 bits per heavy atom. The van der Waals surface area contributed by atoms with Crippen LogP contribution in [0.4, 0.5) is 8.78 Å². The van der Waals surface area contributed by atoms with Gasteiger partial charge in [0, 0.05) is 0 Å². The summed E-state index contributed by atoms with van der Waals surface area (Å²) in [5.41, 5.74) is 15.9. The van der Waals surface area contributed by atoms with Crippen molar-refractivity contribution in [1.29, 1.82) is 0 Å². The van der Waals surface area contributed by atoms with Gasteiger partial charge in [-0.3, -0.25) is 0 Å². The van der Waals surface area contributed by atoms with Crippen molar-refractivity contribution in [3.8, 4) is 0 Å². The van der Waals surface area contributed by atoms with Gasteiger partial charge in [0.2, 0.25) is 5.96 Å². The molecule has 0 fully saturated rings. The molecule has 0 bridgehead atoms. The monoisotopic (exact) mass is 227 g/mol. The summed E-state index contributed by atoms with van der Waals surface area (Å²) >= 11 is 0. The van der Waals surface area contributed by atoms with E-state index in [1.807, 2.05) is 0 Å². The first kappa shape index (κ1) is 11.9. The molecule has 0 amide bonds. The summed E-state index contributed by atoms with van der Waals surface area (Å²) in [6.07, 6.45) is 0. The molecule has 1 aromatic carbocycles. The lowest BCUT2D eigenvalue weighted by molar-refractivity contribution is 0.507. The fourth-order valence-electron chi connectivity index (χ4n) is 0.978. The van der Waals surface area contributed by atoms with Crippen LogP contribution in [0.1, 0.15) is 5.56 Å². The van der Waals surface area contributed by atoms with Crippen LogP contribution in [0, 0.1) is 11.6 Å². The molecule has 0 atom stereocenters. The molecule has 0 unspecified atom stereocenters. The minimum atomic E-state index is -0.937. The van der Waals surface area contributed by atoms with Crippen LogP contribution in [-0.4, -0.2) is 11.9 Å². The van der Waals surface area contributed by atoms with E-state index >= 15 is 0 Å². The molecule has 86 valence electrons. The Bertz CT molecular complexity index is 438. The SMILES string of the molecule is NC(N)=NC(N)=NCc1ccc(F)c(F)c1. The normalized spacial score (nSPS) is 11.2. The number of nitrogens with two attached hydrogens (primary N) is 3. The Morgan fingerprint density at radius 3 is 2.38 bits per heavy atom. The number of aliphatic imine (C=N–C) groups is 2. The van der Waals surface area contributed by atoms with Crippen LogP contribution < -0.4 is 17.2 Å². The predicted octanol–water partition coefficient (Wildman–Crippen LogP) is 0.0529. The predicted molar refractivity (Wildman–Crippen MR) is 57.5 cm³/mol. The van der Waals surface area contributed by atoms with E-state index in [1.54, 1.807) is 0 Å². The molecule has 1 aromatic rings. The minimum Gasteiger partial charge on any atom is -0.370 e. The molecule has 16 heavy (non-hydrogen) atoms. The highest BCUT2D eigenvalue weighted by molar-refractivity contribution is 5.92. The topological polar surface area (TPSA) is 103 Å². The van der Waals surface area contributed by atoms with Gasteiger partial charge < -0.3 is 17.2 Å². The third-order valence-corrected chi connectivity index (χ3v) is 1.65. The van der Waals surface area contributed by atoms with Gasteiger partial charge in [0.05, 0.1) is 6.54 Å². The molecule has 0 aliphatic carbocycles. The second-order valence-electron chi connectivity index (χ2n) is 2.96. The molecule has 0 saturated heterocycles. The van der Waals surface area contributed by atoms with Crippen molar-refractivity contribution in [1.82, 2.24) is 0 Å². The number of benzene rings is 1. The summed E-state index contributed by atoms with van der Waals surface area (Å²) in [5.74, 6) is -2.19. The highest BCUT2D eigenvalue weighted by atomic mass is 19.2. The highest BCUT2D eigenvalue weighted by Crippen LogP contribution is 2.09. The summed E-state index contributed by atoms with van der Waals surface area (Å²) in [7, 11) is 0. The summed E-state index contributed by atoms with van der Waals surface area (Å²) in [6, 6.07) is 3.43. The van der Waals surface area contributed by atoms with Crippen molar-refractivity contribution in [3.05, 3.63) is 35.4 Å². The Morgan fingerprint density at radius 2 is 1.81 bits per heavy atom. The molecule has 0 radical (unpaired) electrons. The number of guanidine groups is 2. The molecule has 1 rings (SSSR count). The van der Waals surface area contributed by atoms with Crippen LogP contribution >= 0.6 is 0 Å². The van der Waals surface area contributed by atoms with Crippen LogP contribution in [0.3, 0.4) is 0 Å². The average molecular weight is 227 g/mol. The van der Waals surface area contributed by atoms with E-state index in [2.05, 4.69) is 9.98 Å². The van der Waals surface area contributed by atoms with Gasteiger partial charge in [-0.2, -0.15) is 4.99 Å². The van der Waals surface area contributed by atoms with Crippen LogP contribution in [0.15, 0.2) is 28.2 Å². The van der Waals surface area contributed by atoms with Crippen molar-refractivity contribution in [2.75, 3.05) is 0 Å². The largest absolute Gasteiger partial charge is 0.370 e. The van der Waals surface area contributed by atoms with E-state index in [0.717, 1.165) is 12.1 Å². The average Bonchev–Trinajstić information content (AvgIpc) is 2.19. The quantitative estimate of drug-likeness (QED) is 0.491. The van der Waals surface area contributed by atoms with Gasteiger partial charge in [-0.1, -0.05) is 6.07 Å². The highest BCUT2D eigenvalue weighted by Gasteiger charge is 2.01. The first-order valence-electron chi connectivity index (χ1n) is 4.32. The molecule has 0 aliphatic rings. The van der Waals surface area contributed by atoms with Crippen LogP contribution in [0.5, 0.6) is 0 Å². The lowest BCUT2D eigenvalue weighted by atomic mass is 10.2. The molecular weight excluding hydrogens is 216 g/mol. The van der Waals surface area contributed by atoms with Crippen LogP contribution in [-0.2, 0) is 6.54 Å². The number of hydrogen-bond donors (Lipinski definition) is 3. The number of halogens is 2. The van der Waals surface area contributed by atoms with Crippen LogP contribution in [0.25, 0.3) is 0 Å². The van der Waals surface area contributed by atoms with E-state index in [1.165, 1.54) is 6.07 Å². The summed E-state index contributed by atoms with van der Waals surface area (Å²) < 4.78 is 25.4. The summed E-state index contributed by atoms with van der Waals surface area (Å²) in [6.45, 7) is 0.0693. The summed E-state index contributed by atoms with van der Waals surface area (Å²) in [5, 5.41) is 0. The standard InChI is InChI=1S/C9H11F2N5/c10-6-2-1-5(3-7(6)11)4-15-9(14)16-8(12)13/h1-3H,4H2,(H6,12,13,14,15,16). The molecule has 0 aromatic heterocycles. The van der Waals surface area contributed by atoms with E-state index in [9.17, 15) is 8.78 Å². The van der Waals surface area contributed by atoms with Crippen molar-refractivity contribution < 1.29 is 8.78 Å². The fourth-order valence-corrected chi connectivity index (χ4v) is 0.978. The molecular formula is C9H11F2N5. The lowest BCUT2D eigenvalue weighted by Gasteiger charge is -1.98. The van der Waals surface area contributed by atoms with Crippen LogP contribution in [0.2, 0.25) is 0 Å². The van der Waals surface area contributed by atoms with Gasteiger partial charge >= 0.3 is 0 Å². The maximum Gasteiger partial charge on any atom is 0.218 e. The summed E-state index contributed by atoms with van der Waals surface area (Å²) in [4.78, 5) is 7.23. The molecule has 0 spiro atoms. The van der Waals surface area contributed by atoms with Crippen molar-refractivity contribution in [3.63, 3.8) is 0 Å². The molecule has 0 saturated carbocycles. The Labute approximate surface area is 90.7 Å². The second kappa shape index (κ2) is 5.06. The third-order valence-electron chi connectivity index (χ3n) is 1.65. The molecule has 7 heteroatoms. The Balaban J connectivity index is 2.75. The van der Waals surface area contributed by atoms with Gasteiger partial charge in [-0.25, -0.2) is 13.8 Å². The lowest BCUT2D eigenvalue weighted by Crippen LogP contribution is -2.26. The molecule has 5 nitrogen and oxygen atoms in total. The van der Waals surface area contributed by atoms with Gasteiger partial charge in [0.1, 0.15) is 0 Å². The zero-order valence-electron chi connectivity index (χ0n) is 8.32. The van der Waals surface area contributed by atoms with Crippen molar-refractivity contribution in [2.45, 2.75) is 6.54 Å². The fraction of sp³-hybridized carbons (Fsp3) is 0.111. The van der Waals surface area contributed by atoms with E-state index in [0.29, 0.717) is 5.56 Å². The van der Waals surface area contributed by atoms with E-state index in [-0.39, 0.29) is 18.5 Å². The van der Waals surface area contributed by atoms with Gasteiger partial charge in [0.25, 0.3) is 0 Å². The molecule has 0 heterocycles. The first-order valence-corrected chi connectivity index (χ1v) is 4.32. The minimum absolute atomic E-state index is 0.0693. The smallest absolute Gasteiger partial charge is 0.218 e.